The lowest BCUT2D eigenvalue weighted by Gasteiger charge is -2.38. The van der Waals surface area contributed by atoms with Crippen LogP contribution in [0.1, 0.15) is 47.0 Å². The number of benzene rings is 1. The number of ether oxygens (including phenoxy) is 3. The molecule has 0 spiro atoms. The number of esters is 1. The Morgan fingerprint density at radius 2 is 1.90 bits per heavy atom. The molecule has 0 radical (unpaired) electrons. The predicted molar refractivity (Wildman–Crippen MR) is 113 cm³/mol. The highest BCUT2D eigenvalue weighted by Gasteiger charge is 2.56. The fourth-order valence-corrected chi connectivity index (χ4v) is 3.68. The minimum Gasteiger partial charge on any atom is -0.497 e. The SMILES string of the molecule is CCOC(=C=O)C(Nc1ccc(OC)cc1)C1(C(=O)OC(C)(C)C)CCCC1=C=O. The van der Waals surface area contributed by atoms with Gasteiger partial charge in [-0.2, -0.15) is 0 Å². The summed E-state index contributed by atoms with van der Waals surface area (Å²) in [5.41, 5.74) is -1.32. The Bertz CT molecular complexity index is 857. The zero-order chi connectivity index (χ0) is 22.4. The standard InChI is InChI=1S/C23H29NO6/c1-6-29-19(15-26)20(24-17-9-11-18(28-5)12-10-17)23(13-7-8-16(23)14-25)21(27)30-22(2,3)4/h9-12,20,24H,6-8,13H2,1-5H3. The molecular weight excluding hydrogens is 386 g/mol. The molecule has 7 heteroatoms. The van der Waals surface area contributed by atoms with Crippen LogP contribution in [0.25, 0.3) is 0 Å². The molecule has 1 N–H and O–H groups in total. The van der Waals surface area contributed by atoms with E-state index in [0.29, 0.717) is 30.7 Å². The third kappa shape index (κ3) is 4.93. The Labute approximate surface area is 177 Å². The summed E-state index contributed by atoms with van der Waals surface area (Å²) in [5, 5.41) is 3.20. The molecule has 0 aromatic heterocycles. The van der Waals surface area contributed by atoms with Crippen molar-refractivity contribution in [3.63, 3.8) is 0 Å². The van der Waals surface area contributed by atoms with Crippen molar-refractivity contribution in [1.29, 1.82) is 0 Å². The van der Waals surface area contributed by atoms with Crippen molar-refractivity contribution < 1.29 is 28.6 Å². The van der Waals surface area contributed by atoms with Gasteiger partial charge in [0.1, 0.15) is 28.7 Å². The fraction of sp³-hybridized carbons (Fsp3) is 0.522. The van der Waals surface area contributed by atoms with Crippen LogP contribution in [0.3, 0.4) is 0 Å². The highest BCUT2D eigenvalue weighted by Crippen LogP contribution is 2.49. The van der Waals surface area contributed by atoms with Crippen LogP contribution in [0.5, 0.6) is 5.75 Å². The molecule has 0 saturated heterocycles. The zero-order valence-electron chi connectivity index (χ0n) is 18.2. The Balaban J connectivity index is 2.61. The predicted octanol–water partition coefficient (Wildman–Crippen LogP) is 3.50. The van der Waals surface area contributed by atoms with Crippen LogP contribution in [-0.2, 0) is 23.9 Å². The second kappa shape index (κ2) is 9.66. The van der Waals surface area contributed by atoms with Gasteiger partial charge in [-0.3, -0.25) is 4.79 Å². The lowest BCUT2D eigenvalue weighted by atomic mass is 9.74. The summed E-state index contributed by atoms with van der Waals surface area (Å²) < 4.78 is 16.4. The van der Waals surface area contributed by atoms with Crippen molar-refractivity contribution in [1.82, 2.24) is 0 Å². The topological polar surface area (TPSA) is 90.9 Å². The molecule has 1 fully saturated rings. The lowest BCUT2D eigenvalue weighted by molar-refractivity contribution is -0.165. The maximum atomic E-state index is 13.4. The number of carbonyl (C=O) groups is 1. The fourth-order valence-electron chi connectivity index (χ4n) is 3.68. The average Bonchev–Trinajstić information content (AvgIpc) is 3.14. The Morgan fingerprint density at radius 1 is 1.23 bits per heavy atom. The number of nitrogens with one attached hydrogen (secondary N) is 1. The third-order valence-corrected chi connectivity index (χ3v) is 4.98. The average molecular weight is 415 g/mol. The van der Waals surface area contributed by atoms with Crippen molar-refractivity contribution in [2.45, 2.75) is 58.6 Å². The number of methoxy groups -OCH3 is 1. The molecule has 0 bridgehead atoms. The van der Waals surface area contributed by atoms with Crippen LogP contribution in [0, 0.1) is 5.41 Å². The molecule has 1 aliphatic rings. The molecule has 1 saturated carbocycles. The molecule has 0 aliphatic heterocycles. The number of rotatable bonds is 8. The third-order valence-electron chi connectivity index (χ3n) is 4.98. The first-order chi connectivity index (χ1) is 14.2. The van der Waals surface area contributed by atoms with E-state index in [2.05, 4.69) is 5.32 Å². The number of anilines is 1. The van der Waals surface area contributed by atoms with Gasteiger partial charge in [-0.15, -0.1) is 0 Å². The smallest absolute Gasteiger partial charge is 0.320 e. The minimum atomic E-state index is -1.42. The summed E-state index contributed by atoms with van der Waals surface area (Å²) in [4.78, 5) is 37.1. The summed E-state index contributed by atoms with van der Waals surface area (Å²) in [6.45, 7) is 7.19. The number of hydrogen-bond donors (Lipinski definition) is 1. The Kier molecular flexibility index (Phi) is 7.49. The Hall–Kier alpha value is -3.01. The van der Waals surface area contributed by atoms with E-state index in [9.17, 15) is 14.4 Å². The highest BCUT2D eigenvalue weighted by molar-refractivity contribution is 5.88. The maximum Gasteiger partial charge on any atom is 0.320 e. The van der Waals surface area contributed by atoms with E-state index in [1.54, 1.807) is 59.1 Å². The summed E-state index contributed by atoms with van der Waals surface area (Å²) in [5.74, 6) is 3.72. The molecule has 2 unspecified atom stereocenters. The van der Waals surface area contributed by atoms with Crippen LogP contribution in [0.15, 0.2) is 35.6 Å². The van der Waals surface area contributed by atoms with Crippen molar-refractivity contribution in [2.24, 2.45) is 5.41 Å². The highest BCUT2D eigenvalue weighted by atomic mass is 16.6. The molecular formula is C23H29NO6. The van der Waals surface area contributed by atoms with Gasteiger partial charge in [0, 0.05) is 11.3 Å². The van der Waals surface area contributed by atoms with Crippen LogP contribution < -0.4 is 10.1 Å². The molecule has 2 rings (SSSR count). The number of hydrogen-bond acceptors (Lipinski definition) is 7. The van der Waals surface area contributed by atoms with Gasteiger partial charge in [-0.1, -0.05) is 0 Å². The van der Waals surface area contributed by atoms with Crippen LogP contribution >= 0.6 is 0 Å². The minimum absolute atomic E-state index is 0.0890. The summed E-state index contributed by atoms with van der Waals surface area (Å²) >= 11 is 0. The maximum absolute atomic E-state index is 13.4. The largest absolute Gasteiger partial charge is 0.497 e. The van der Waals surface area contributed by atoms with Crippen molar-refractivity contribution >= 4 is 23.5 Å². The van der Waals surface area contributed by atoms with Crippen molar-refractivity contribution in [2.75, 3.05) is 19.0 Å². The second-order valence-electron chi connectivity index (χ2n) is 8.11. The quantitative estimate of drug-likeness (QED) is 0.395. The van der Waals surface area contributed by atoms with E-state index in [4.69, 9.17) is 14.2 Å². The molecule has 7 nitrogen and oxygen atoms in total. The van der Waals surface area contributed by atoms with Gasteiger partial charge in [-0.25, -0.2) is 9.59 Å². The Morgan fingerprint density at radius 3 is 2.40 bits per heavy atom. The van der Waals surface area contributed by atoms with Gasteiger partial charge < -0.3 is 19.5 Å². The lowest BCUT2D eigenvalue weighted by Crippen LogP contribution is -2.50. The van der Waals surface area contributed by atoms with Crippen molar-refractivity contribution in [3.05, 3.63) is 35.6 Å². The summed E-state index contributed by atoms with van der Waals surface area (Å²) in [6, 6.07) is 6.02. The molecule has 162 valence electrons. The van der Waals surface area contributed by atoms with Crippen LogP contribution in [0.2, 0.25) is 0 Å². The van der Waals surface area contributed by atoms with E-state index < -0.39 is 23.0 Å². The zero-order valence-corrected chi connectivity index (χ0v) is 18.2. The van der Waals surface area contributed by atoms with E-state index in [1.165, 1.54) is 0 Å². The van der Waals surface area contributed by atoms with Crippen LogP contribution in [0.4, 0.5) is 5.69 Å². The van der Waals surface area contributed by atoms with Gasteiger partial charge in [0.2, 0.25) is 5.76 Å². The van der Waals surface area contributed by atoms with Gasteiger partial charge in [0.05, 0.1) is 13.7 Å². The molecule has 0 heterocycles. The van der Waals surface area contributed by atoms with Gasteiger partial charge in [0.25, 0.3) is 0 Å². The molecule has 30 heavy (non-hydrogen) atoms. The first-order valence-electron chi connectivity index (χ1n) is 9.98. The molecule has 0 amide bonds. The molecule has 1 aromatic carbocycles. The first kappa shape index (κ1) is 23.3. The monoisotopic (exact) mass is 415 g/mol. The summed E-state index contributed by atoms with van der Waals surface area (Å²) in [7, 11) is 1.56. The van der Waals surface area contributed by atoms with E-state index >= 15 is 0 Å². The van der Waals surface area contributed by atoms with E-state index in [-0.39, 0.29) is 17.9 Å². The molecule has 1 aliphatic carbocycles. The number of carbonyl (C=O) groups excluding carboxylic acids is 3. The summed E-state index contributed by atoms with van der Waals surface area (Å²) in [6.07, 6.45) is 1.29. The van der Waals surface area contributed by atoms with Gasteiger partial charge in [0.15, 0.2) is 5.94 Å². The van der Waals surface area contributed by atoms with E-state index in [1.807, 2.05) is 11.9 Å². The molecule has 2 atom stereocenters. The van der Waals surface area contributed by atoms with E-state index in [0.717, 1.165) is 0 Å². The first-order valence-corrected chi connectivity index (χ1v) is 9.98. The van der Waals surface area contributed by atoms with Gasteiger partial charge >= 0.3 is 5.97 Å². The molecule has 1 aromatic rings. The van der Waals surface area contributed by atoms with Gasteiger partial charge in [-0.05, 0) is 71.2 Å². The van der Waals surface area contributed by atoms with Crippen molar-refractivity contribution in [3.8, 4) is 5.75 Å². The van der Waals surface area contributed by atoms with Crippen LogP contribution in [-0.4, -0.2) is 43.2 Å². The normalized spacial score (nSPS) is 19.3. The second-order valence-corrected chi connectivity index (χ2v) is 8.11.